The summed E-state index contributed by atoms with van der Waals surface area (Å²) in [6.07, 6.45) is 0.374. The van der Waals surface area contributed by atoms with Gasteiger partial charge in [-0.05, 0) is 44.9 Å². The minimum absolute atomic E-state index is 0.184. The van der Waals surface area contributed by atoms with E-state index in [-0.39, 0.29) is 18.0 Å². The Bertz CT molecular complexity index is 422. The smallest absolute Gasteiger partial charge is 0.323 e. The van der Waals surface area contributed by atoms with Crippen molar-refractivity contribution in [3.63, 3.8) is 0 Å². The highest BCUT2D eigenvalue weighted by Gasteiger charge is 2.16. The average molecular weight is 281 g/mol. The van der Waals surface area contributed by atoms with Crippen LogP contribution in [0.2, 0.25) is 0 Å². The Morgan fingerprint density at radius 2 is 1.85 bits per heavy atom. The van der Waals surface area contributed by atoms with Crippen molar-refractivity contribution in [2.45, 2.75) is 38.8 Å². The van der Waals surface area contributed by atoms with E-state index in [1.807, 2.05) is 20.8 Å². The van der Waals surface area contributed by atoms with E-state index in [2.05, 4.69) is 0 Å². The molecule has 20 heavy (non-hydrogen) atoms. The Balaban J connectivity index is 2.30. The van der Waals surface area contributed by atoms with Gasteiger partial charge in [-0.15, -0.1) is 0 Å². The van der Waals surface area contributed by atoms with Gasteiger partial charge in [0.05, 0.1) is 12.2 Å². The number of benzene rings is 1. The zero-order chi connectivity index (χ0) is 15.2. The maximum Gasteiger partial charge on any atom is 0.323 e. The second-order valence-electron chi connectivity index (χ2n) is 5.61. The van der Waals surface area contributed by atoms with Gasteiger partial charge >= 0.3 is 5.97 Å². The first kappa shape index (κ1) is 16.5. The molecule has 1 aromatic carbocycles. The predicted octanol–water partition coefficient (Wildman–Crippen LogP) is 1.62. The second-order valence-corrected chi connectivity index (χ2v) is 5.61. The van der Waals surface area contributed by atoms with Crippen molar-refractivity contribution in [1.82, 2.24) is 0 Å². The van der Waals surface area contributed by atoms with Crippen molar-refractivity contribution in [3.05, 3.63) is 29.8 Å². The number of aromatic hydroxyl groups is 1. The van der Waals surface area contributed by atoms with Crippen molar-refractivity contribution in [1.29, 1.82) is 0 Å². The van der Waals surface area contributed by atoms with Crippen LogP contribution in [0.1, 0.15) is 26.3 Å². The molecule has 1 atom stereocenters. The minimum Gasteiger partial charge on any atom is -0.508 e. The topological polar surface area (TPSA) is 81.8 Å². The minimum atomic E-state index is -0.714. The molecule has 0 spiro atoms. The highest BCUT2D eigenvalue weighted by atomic mass is 16.6. The van der Waals surface area contributed by atoms with Crippen LogP contribution < -0.4 is 5.73 Å². The summed E-state index contributed by atoms with van der Waals surface area (Å²) < 4.78 is 10.5. The molecule has 0 aliphatic rings. The number of esters is 1. The number of hydrogen-bond acceptors (Lipinski definition) is 5. The van der Waals surface area contributed by atoms with E-state index in [1.54, 1.807) is 24.3 Å². The number of phenolic OH excluding ortho intramolecular Hbond substituents is 1. The lowest BCUT2D eigenvalue weighted by Gasteiger charge is -2.19. The van der Waals surface area contributed by atoms with Crippen LogP contribution in [0.3, 0.4) is 0 Å². The molecular formula is C15H23NO4. The number of hydrogen-bond donors (Lipinski definition) is 2. The monoisotopic (exact) mass is 281 g/mol. The predicted molar refractivity (Wildman–Crippen MR) is 76.5 cm³/mol. The normalized spacial score (nSPS) is 13.0. The number of phenols is 1. The van der Waals surface area contributed by atoms with E-state index in [1.165, 1.54) is 0 Å². The summed E-state index contributed by atoms with van der Waals surface area (Å²) in [4.78, 5) is 11.7. The molecule has 0 heterocycles. The van der Waals surface area contributed by atoms with Crippen LogP contribution in [0.4, 0.5) is 0 Å². The van der Waals surface area contributed by atoms with Crippen molar-refractivity contribution in [3.8, 4) is 5.75 Å². The summed E-state index contributed by atoms with van der Waals surface area (Å²) >= 11 is 0. The van der Waals surface area contributed by atoms with Gasteiger partial charge in [-0.25, -0.2) is 0 Å². The zero-order valence-corrected chi connectivity index (χ0v) is 12.3. The molecule has 0 radical (unpaired) electrons. The van der Waals surface area contributed by atoms with Crippen LogP contribution in [0.25, 0.3) is 0 Å². The van der Waals surface area contributed by atoms with Gasteiger partial charge in [0.15, 0.2) is 0 Å². The average Bonchev–Trinajstić information content (AvgIpc) is 2.36. The third-order valence-corrected chi connectivity index (χ3v) is 2.56. The van der Waals surface area contributed by atoms with Crippen LogP contribution in [0.5, 0.6) is 5.75 Å². The third-order valence-electron chi connectivity index (χ3n) is 2.56. The molecule has 0 aromatic heterocycles. The molecule has 0 bridgehead atoms. The number of carbonyl (C=O) groups excluding carboxylic acids is 1. The van der Waals surface area contributed by atoms with Gasteiger partial charge in [0.2, 0.25) is 0 Å². The molecule has 0 saturated carbocycles. The number of nitrogens with two attached hydrogens (primary N) is 1. The van der Waals surface area contributed by atoms with E-state index in [0.29, 0.717) is 13.0 Å². The van der Waals surface area contributed by atoms with Gasteiger partial charge in [0, 0.05) is 0 Å². The van der Waals surface area contributed by atoms with Crippen LogP contribution in [0, 0.1) is 0 Å². The lowest BCUT2D eigenvalue weighted by Crippen LogP contribution is -2.35. The molecular weight excluding hydrogens is 258 g/mol. The van der Waals surface area contributed by atoms with Crippen molar-refractivity contribution in [2.24, 2.45) is 5.73 Å². The lowest BCUT2D eigenvalue weighted by molar-refractivity contribution is -0.148. The molecule has 1 aromatic rings. The molecule has 5 nitrogen and oxygen atoms in total. The number of ether oxygens (including phenoxy) is 2. The highest BCUT2D eigenvalue weighted by Crippen LogP contribution is 2.11. The molecule has 0 unspecified atom stereocenters. The Labute approximate surface area is 119 Å². The summed E-state index contributed by atoms with van der Waals surface area (Å²) in [7, 11) is 0. The maximum absolute atomic E-state index is 11.7. The van der Waals surface area contributed by atoms with Gasteiger partial charge in [-0.1, -0.05) is 12.1 Å². The highest BCUT2D eigenvalue weighted by molar-refractivity contribution is 5.75. The van der Waals surface area contributed by atoms with Gasteiger partial charge in [0.25, 0.3) is 0 Å². The first-order valence-corrected chi connectivity index (χ1v) is 6.62. The van der Waals surface area contributed by atoms with E-state index >= 15 is 0 Å². The molecule has 5 heteroatoms. The van der Waals surface area contributed by atoms with Gasteiger partial charge < -0.3 is 20.3 Å². The number of rotatable bonds is 6. The van der Waals surface area contributed by atoms with E-state index in [0.717, 1.165) is 5.56 Å². The van der Waals surface area contributed by atoms with Crippen molar-refractivity contribution < 1.29 is 19.4 Å². The summed E-state index contributed by atoms with van der Waals surface area (Å²) in [5.41, 5.74) is 6.40. The lowest BCUT2D eigenvalue weighted by atomic mass is 10.1. The Kier molecular flexibility index (Phi) is 5.98. The Morgan fingerprint density at radius 3 is 2.40 bits per heavy atom. The summed E-state index contributed by atoms with van der Waals surface area (Å²) in [6, 6.07) is 5.86. The fourth-order valence-electron chi connectivity index (χ4n) is 1.57. The van der Waals surface area contributed by atoms with Crippen LogP contribution >= 0.6 is 0 Å². The fourth-order valence-corrected chi connectivity index (χ4v) is 1.57. The molecule has 0 saturated heterocycles. The summed E-state index contributed by atoms with van der Waals surface area (Å²) in [5, 5.41) is 9.17. The number of carbonyl (C=O) groups is 1. The van der Waals surface area contributed by atoms with E-state index in [4.69, 9.17) is 15.2 Å². The maximum atomic E-state index is 11.7. The molecule has 0 aliphatic carbocycles. The van der Waals surface area contributed by atoms with Gasteiger partial charge in [-0.3, -0.25) is 4.79 Å². The van der Waals surface area contributed by atoms with E-state index in [9.17, 15) is 9.90 Å². The molecule has 1 rings (SSSR count). The Hall–Kier alpha value is -1.59. The van der Waals surface area contributed by atoms with Crippen molar-refractivity contribution >= 4 is 5.97 Å². The van der Waals surface area contributed by atoms with Crippen LogP contribution in [-0.2, 0) is 20.7 Å². The molecule has 3 N–H and O–H groups in total. The zero-order valence-electron chi connectivity index (χ0n) is 12.3. The first-order valence-electron chi connectivity index (χ1n) is 6.62. The quantitative estimate of drug-likeness (QED) is 0.611. The van der Waals surface area contributed by atoms with Crippen LogP contribution in [-0.4, -0.2) is 35.9 Å². The Morgan fingerprint density at radius 1 is 1.25 bits per heavy atom. The summed E-state index contributed by atoms with van der Waals surface area (Å²) in [5.74, 6) is -0.264. The third kappa shape index (κ3) is 6.54. The SMILES string of the molecule is CC(C)(C)OCCOC(=O)[C@H](N)Cc1ccc(O)cc1. The standard InChI is InChI=1S/C15H23NO4/c1-15(2,3)20-9-8-19-14(18)13(16)10-11-4-6-12(17)7-5-11/h4-7,13,17H,8-10,16H2,1-3H3/t13-/m1/s1. The van der Waals surface area contributed by atoms with Gasteiger partial charge in [0.1, 0.15) is 18.4 Å². The van der Waals surface area contributed by atoms with E-state index < -0.39 is 12.0 Å². The molecule has 0 amide bonds. The molecule has 112 valence electrons. The van der Waals surface area contributed by atoms with Gasteiger partial charge in [-0.2, -0.15) is 0 Å². The first-order chi connectivity index (χ1) is 9.28. The van der Waals surface area contributed by atoms with Crippen molar-refractivity contribution in [2.75, 3.05) is 13.2 Å². The van der Waals surface area contributed by atoms with Crippen LogP contribution in [0.15, 0.2) is 24.3 Å². The fraction of sp³-hybridized carbons (Fsp3) is 0.533. The summed E-state index contributed by atoms with van der Waals surface area (Å²) in [6.45, 7) is 6.35. The second kappa shape index (κ2) is 7.26. The largest absolute Gasteiger partial charge is 0.508 e. The molecule has 0 aliphatic heterocycles. The molecule has 0 fully saturated rings.